The molecule has 1 amide bonds. The van der Waals surface area contributed by atoms with Crippen LogP contribution in [-0.2, 0) is 19.1 Å². The summed E-state index contributed by atoms with van der Waals surface area (Å²) >= 11 is 0. The van der Waals surface area contributed by atoms with Crippen molar-refractivity contribution >= 4 is 17.8 Å². The van der Waals surface area contributed by atoms with Crippen LogP contribution in [0.25, 0.3) is 0 Å². The van der Waals surface area contributed by atoms with Crippen molar-refractivity contribution in [1.82, 2.24) is 10.2 Å². The highest BCUT2D eigenvalue weighted by Crippen LogP contribution is 2.40. The summed E-state index contributed by atoms with van der Waals surface area (Å²) in [6.07, 6.45) is 5.63. The number of likely N-dealkylation sites (tertiary alicyclic amines) is 1. The molecular weight excluding hydrogens is 348 g/mol. The maximum atomic E-state index is 13.1. The van der Waals surface area contributed by atoms with Gasteiger partial charge < -0.3 is 14.7 Å². The van der Waals surface area contributed by atoms with Crippen molar-refractivity contribution in [3.8, 4) is 0 Å². The van der Waals surface area contributed by atoms with Crippen molar-refractivity contribution in [2.24, 2.45) is 5.92 Å². The average molecular weight is 383 g/mol. The fraction of sp³-hybridized carbons (Fsp3) is 0.850. The molecule has 0 aromatic rings. The Balaban J connectivity index is 2.10. The molecule has 0 aromatic heterocycles. The van der Waals surface area contributed by atoms with Gasteiger partial charge in [-0.05, 0) is 52.4 Å². The number of hydrogen-bond donors (Lipinski definition) is 2. The first kappa shape index (κ1) is 21.7. The molecule has 0 aromatic carbocycles. The van der Waals surface area contributed by atoms with Crippen LogP contribution in [-0.4, -0.2) is 58.1 Å². The number of fused-ring (bicyclic) bond motifs is 1. The first-order chi connectivity index (χ1) is 12.8. The number of carboxylic acid groups (broad SMARTS) is 1. The highest BCUT2D eigenvalue weighted by Gasteiger charge is 2.48. The molecule has 7 nitrogen and oxygen atoms in total. The Hall–Kier alpha value is -1.63. The van der Waals surface area contributed by atoms with E-state index in [4.69, 9.17) is 4.74 Å². The SMILES string of the molecule is CCC[C@H](NC(C)C(=O)N1C(C(=O)O)CC2CCCCC21)C(=O)OC(C)C. The molecule has 1 saturated heterocycles. The monoisotopic (exact) mass is 382 g/mol. The predicted molar refractivity (Wildman–Crippen MR) is 101 cm³/mol. The number of rotatable bonds is 8. The van der Waals surface area contributed by atoms with Crippen molar-refractivity contribution in [1.29, 1.82) is 0 Å². The molecule has 1 aliphatic heterocycles. The normalized spacial score (nSPS) is 27.1. The number of ether oxygens (including phenoxy) is 1. The minimum absolute atomic E-state index is 0.00356. The number of aliphatic carboxylic acids is 1. The van der Waals surface area contributed by atoms with Crippen LogP contribution in [0.4, 0.5) is 0 Å². The third-order valence-electron chi connectivity index (χ3n) is 5.66. The van der Waals surface area contributed by atoms with Crippen LogP contribution in [0.1, 0.15) is 72.6 Å². The van der Waals surface area contributed by atoms with Gasteiger partial charge in [0.15, 0.2) is 0 Å². The minimum atomic E-state index is -0.936. The van der Waals surface area contributed by atoms with Crippen LogP contribution >= 0.6 is 0 Å². The molecule has 154 valence electrons. The van der Waals surface area contributed by atoms with Gasteiger partial charge in [-0.15, -0.1) is 0 Å². The Morgan fingerprint density at radius 3 is 2.44 bits per heavy atom. The molecule has 0 bridgehead atoms. The van der Waals surface area contributed by atoms with E-state index in [-0.39, 0.29) is 29.9 Å². The molecule has 0 spiro atoms. The molecular formula is C20H34N2O5. The lowest BCUT2D eigenvalue weighted by Crippen LogP contribution is -2.55. The van der Waals surface area contributed by atoms with Gasteiger partial charge in [0.05, 0.1) is 12.1 Å². The largest absolute Gasteiger partial charge is 0.480 e. The second-order valence-electron chi connectivity index (χ2n) is 8.16. The van der Waals surface area contributed by atoms with E-state index in [1.807, 2.05) is 6.92 Å². The quantitative estimate of drug-likeness (QED) is 0.626. The fourth-order valence-corrected chi connectivity index (χ4v) is 4.47. The van der Waals surface area contributed by atoms with Gasteiger partial charge in [0, 0.05) is 6.04 Å². The highest BCUT2D eigenvalue weighted by atomic mass is 16.5. The van der Waals surface area contributed by atoms with Crippen LogP contribution in [0, 0.1) is 5.92 Å². The molecule has 7 heteroatoms. The summed E-state index contributed by atoms with van der Waals surface area (Å²) in [5.74, 6) is -1.25. The van der Waals surface area contributed by atoms with E-state index < -0.39 is 24.1 Å². The van der Waals surface area contributed by atoms with Crippen molar-refractivity contribution in [2.75, 3.05) is 0 Å². The van der Waals surface area contributed by atoms with Crippen molar-refractivity contribution in [3.63, 3.8) is 0 Å². The van der Waals surface area contributed by atoms with Gasteiger partial charge in [0.2, 0.25) is 5.91 Å². The molecule has 1 heterocycles. The number of amides is 1. The van der Waals surface area contributed by atoms with E-state index in [1.54, 1.807) is 25.7 Å². The van der Waals surface area contributed by atoms with Crippen LogP contribution in [0.2, 0.25) is 0 Å². The van der Waals surface area contributed by atoms with E-state index >= 15 is 0 Å². The summed E-state index contributed by atoms with van der Waals surface area (Å²) in [7, 11) is 0. The van der Waals surface area contributed by atoms with E-state index in [0.29, 0.717) is 12.8 Å². The Morgan fingerprint density at radius 2 is 1.85 bits per heavy atom. The number of esters is 1. The number of nitrogens with zero attached hydrogens (tertiary/aromatic N) is 1. The first-order valence-corrected chi connectivity index (χ1v) is 10.3. The van der Waals surface area contributed by atoms with E-state index in [0.717, 1.165) is 32.1 Å². The van der Waals surface area contributed by atoms with E-state index in [1.165, 1.54) is 0 Å². The maximum Gasteiger partial charge on any atom is 0.326 e. The van der Waals surface area contributed by atoms with Crippen molar-refractivity contribution in [2.45, 2.75) is 103 Å². The van der Waals surface area contributed by atoms with Crippen LogP contribution in [0.3, 0.4) is 0 Å². The Bertz CT molecular complexity index is 550. The third-order valence-corrected chi connectivity index (χ3v) is 5.66. The summed E-state index contributed by atoms with van der Waals surface area (Å²) in [5.41, 5.74) is 0. The van der Waals surface area contributed by atoms with Gasteiger partial charge in [-0.3, -0.25) is 14.9 Å². The predicted octanol–water partition coefficient (Wildman–Crippen LogP) is 2.33. The second-order valence-corrected chi connectivity index (χ2v) is 8.16. The summed E-state index contributed by atoms with van der Waals surface area (Å²) in [4.78, 5) is 38.8. The fourth-order valence-electron chi connectivity index (χ4n) is 4.47. The lowest BCUT2D eigenvalue weighted by atomic mass is 9.84. The zero-order valence-corrected chi connectivity index (χ0v) is 16.9. The van der Waals surface area contributed by atoms with Gasteiger partial charge in [0.25, 0.3) is 0 Å². The molecule has 2 fully saturated rings. The smallest absolute Gasteiger partial charge is 0.326 e. The summed E-state index contributed by atoms with van der Waals surface area (Å²) in [6, 6.07) is -1.96. The molecule has 2 rings (SSSR count). The molecule has 4 unspecified atom stereocenters. The second kappa shape index (κ2) is 9.53. The van der Waals surface area contributed by atoms with Crippen LogP contribution in [0.15, 0.2) is 0 Å². The van der Waals surface area contributed by atoms with Crippen LogP contribution in [0.5, 0.6) is 0 Å². The van der Waals surface area contributed by atoms with Gasteiger partial charge in [-0.25, -0.2) is 4.79 Å². The van der Waals surface area contributed by atoms with Gasteiger partial charge in [-0.2, -0.15) is 0 Å². The minimum Gasteiger partial charge on any atom is -0.480 e. The summed E-state index contributed by atoms with van der Waals surface area (Å²) in [5, 5.41) is 12.7. The zero-order valence-electron chi connectivity index (χ0n) is 16.9. The number of carbonyl (C=O) groups excluding carboxylic acids is 2. The molecule has 0 radical (unpaired) electrons. The lowest BCUT2D eigenvalue weighted by Gasteiger charge is -2.35. The third kappa shape index (κ3) is 5.21. The van der Waals surface area contributed by atoms with E-state index in [2.05, 4.69) is 5.32 Å². The van der Waals surface area contributed by atoms with Gasteiger partial charge in [0.1, 0.15) is 12.1 Å². The standard InChI is InChI=1S/C20H34N2O5/c1-5-8-15(20(26)27-12(2)3)21-13(4)18(23)22-16-10-7-6-9-14(16)11-17(22)19(24)25/h12-17,21H,5-11H2,1-4H3,(H,24,25)/t13?,14?,15-,16?,17?/m0/s1. The highest BCUT2D eigenvalue weighted by molar-refractivity contribution is 5.88. The van der Waals surface area contributed by atoms with E-state index in [9.17, 15) is 19.5 Å². The molecule has 1 saturated carbocycles. The molecule has 2 N–H and O–H groups in total. The molecule has 1 aliphatic carbocycles. The van der Waals surface area contributed by atoms with Gasteiger partial charge >= 0.3 is 11.9 Å². The average Bonchev–Trinajstić information content (AvgIpc) is 2.99. The Kier molecular flexibility index (Phi) is 7.65. The molecule has 5 atom stereocenters. The Labute approximate surface area is 161 Å². The number of carboxylic acids is 1. The first-order valence-electron chi connectivity index (χ1n) is 10.3. The van der Waals surface area contributed by atoms with Gasteiger partial charge in [-0.1, -0.05) is 26.2 Å². The number of carbonyl (C=O) groups is 3. The maximum absolute atomic E-state index is 13.1. The summed E-state index contributed by atoms with van der Waals surface area (Å²) in [6.45, 7) is 7.26. The molecule has 2 aliphatic rings. The Morgan fingerprint density at radius 1 is 1.19 bits per heavy atom. The number of hydrogen-bond acceptors (Lipinski definition) is 5. The topological polar surface area (TPSA) is 95.9 Å². The zero-order chi connectivity index (χ0) is 20.1. The number of nitrogens with one attached hydrogen (secondary N) is 1. The lowest BCUT2D eigenvalue weighted by molar-refractivity contribution is -0.153. The van der Waals surface area contributed by atoms with Crippen molar-refractivity contribution in [3.05, 3.63) is 0 Å². The molecule has 27 heavy (non-hydrogen) atoms. The van der Waals surface area contributed by atoms with Crippen LogP contribution < -0.4 is 5.32 Å². The van der Waals surface area contributed by atoms with Crippen molar-refractivity contribution < 1.29 is 24.2 Å². The summed E-state index contributed by atoms with van der Waals surface area (Å²) < 4.78 is 5.30.